The zero-order valence-electron chi connectivity index (χ0n) is 11.9. The van der Waals surface area contributed by atoms with E-state index in [1.807, 2.05) is 12.1 Å². The maximum Gasteiger partial charge on any atom is 0.175 e. The summed E-state index contributed by atoms with van der Waals surface area (Å²) >= 11 is 8.67. The van der Waals surface area contributed by atoms with Crippen molar-refractivity contribution >= 4 is 54.6 Å². The van der Waals surface area contributed by atoms with Crippen molar-refractivity contribution in [1.82, 2.24) is 0 Å². The van der Waals surface area contributed by atoms with Crippen molar-refractivity contribution in [2.24, 2.45) is 0 Å². The van der Waals surface area contributed by atoms with Gasteiger partial charge in [0.05, 0.1) is 4.90 Å². The van der Waals surface area contributed by atoms with E-state index in [9.17, 15) is 13.7 Å². The first-order chi connectivity index (χ1) is 10.9. The Morgan fingerprint density at radius 2 is 1.87 bits per heavy atom. The molecule has 0 fully saturated rings. The molecule has 0 radical (unpaired) electrons. The van der Waals surface area contributed by atoms with Gasteiger partial charge in [0.1, 0.15) is 10.9 Å². The zero-order chi connectivity index (χ0) is 16.6. The second-order valence-electron chi connectivity index (χ2n) is 4.86. The van der Waals surface area contributed by atoms with E-state index in [0.717, 1.165) is 19.9 Å². The van der Waals surface area contributed by atoms with E-state index in [1.54, 1.807) is 30.3 Å². The predicted octanol–water partition coefficient (Wildman–Crippen LogP) is 4.98. The smallest absolute Gasteiger partial charge is 0.175 e. The molecule has 116 valence electrons. The molecule has 0 unspecified atom stereocenters. The number of sulfone groups is 1. The van der Waals surface area contributed by atoms with E-state index in [-0.39, 0.29) is 4.90 Å². The quantitative estimate of drug-likeness (QED) is 0.643. The highest BCUT2D eigenvalue weighted by atomic mass is 35.5. The fourth-order valence-electron chi connectivity index (χ4n) is 2.08. The second kappa shape index (κ2) is 6.17. The molecule has 0 spiro atoms. The first kappa shape index (κ1) is 16.3. The first-order valence-corrected chi connectivity index (χ1v) is 10.4. The summed E-state index contributed by atoms with van der Waals surface area (Å²) in [7, 11) is -3.27. The zero-order valence-corrected chi connectivity index (χ0v) is 15.1. The van der Waals surface area contributed by atoms with Crippen LogP contribution in [0.4, 0.5) is 0 Å². The average molecular weight is 380 g/mol. The number of halogens is 1. The Kier molecular flexibility index (Phi) is 4.39. The minimum absolute atomic E-state index is 0.263. The maximum absolute atomic E-state index is 11.7. The van der Waals surface area contributed by atoms with Crippen molar-refractivity contribution < 1.29 is 8.42 Å². The van der Waals surface area contributed by atoms with Crippen LogP contribution in [0.5, 0.6) is 0 Å². The van der Waals surface area contributed by atoms with Crippen LogP contribution < -0.4 is 0 Å². The molecule has 1 heterocycles. The van der Waals surface area contributed by atoms with Crippen LogP contribution in [0.3, 0.4) is 0 Å². The molecule has 0 bridgehead atoms. The summed E-state index contributed by atoms with van der Waals surface area (Å²) in [5.41, 5.74) is 0. The average Bonchev–Trinajstić information content (AvgIpc) is 2.86. The lowest BCUT2D eigenvalue weighted by atomic mass is 10.2. The highest BCUT2D eigenvalue weighted by Crippen LogP contribution is 2.42. The van der Waals surface area contributed by atoms with Gasteiger partial charge >= 0.3 is 0 Å². The summed E-state index contributed by atoms with van der Waals surface area (Å²) in [5.74, 6) is 0. The minimum atomic E-state index is -3.27. The molecule has 3 nitrogen and oxygen atoms in total. The van der Waals surface area contributed by atoms with Crippen molar-refractivity contribution in [1.29, 1.82) is 5.26 Å². The molecule has 2 aromatic carbocycles. The lowest BCUT2D eigenvalue weighted by Crippen LogP contribution is -1.95. The molecular formula is C16H10ClNO2S3. The summed E-state index contributed by atoms with van der Waals surface area (Å²) in [4.78, 5) is 2.65. The number of thiophene rings is 1. The van der Waals surface area contributed by atoms with Crippen LogP contribution in [-0.4, -0.2) is 14.7 Å². The van der Waals surface area contributed by atoms with Crippen LogP contribution in [-0.2, 0) is 9.84 Å². The number of rotatable bonds is 3. The largest absolute Gasteiger partial charge is 0.224 e. The Morgan fingerprint density at radius 1 is 1.17 bits per heavy atom. The molecular weight excluding hydrogens is 370 g/mol. The van der Waals surface area contributed by atoms with Gasteiger partial charge in [0, 0.05) is 31.2 Å². The van der Waals surface area contributed by atoms with E-state index in [2.05, 4.69) is 6.07 Å². The molecule has 0 amide bonds. The summed E-state index contributed by atoms with van der Waals surface area (Å²) in [6.07, 6.45) is 1.18. The maximum atomic E-state index is 11.7. The van der Waals surface area contributed by atoms with Crippen LogP contribution in [0.25, 0.3) is 10.1 Å². The highest BCUT2D eigenvalue weighted by molar-refractivity contribution is 7.99. The van der Waals surface area contributed by atoms with Crippen molar-refractivity contribution in [3.05, 3.63) is 52.4 Å². The number of fused-ring (bicyclic) bond motifs is 1. The molecule has 0 saturated carbocycles. The Labute approximate surface area is 147 Å². The van der Waals surface area contributed by atoms with Crippen LogP contribution in [0, 0.1) is 11.3 Å². The van der Waals surface area contributed by atoms with Gasteiger partial charge in [0.25, 0.3) is 0 Å². The van der Waals surface area contributed by atoms with Gasteiger partial charge in [-0.25, -0.2) is 8.42 Å². The summed E-state index contributed by atoms with van der Waals surface area (Å²) in [5, 5.41) is 10.9. The first-order valence-electron chi connectivity index (χ1n) is 6.48. The lowest BCUT2D eigenvalue weighted by Gasteiger charge is -2.02. The molecule has 23 heavy (non-hydrogen) atoms. The molecule has 3 aromatic rings. The predicted molar refractivity (Wildman–Crippen MR) is 95.2 cm³/mol. The third-order valence-electron chi connectivity index (χ3n) is 3.18. The van der Waals surface area contributed by atoms with E-state index < -0.39 is 9.84 Å². The molecule has 0 aliphatic heterocycles. The number of nitriles is 1. The fourth-order valence-corrected chi connectivity index (χ4v) is 5.11. The molecule has 0 saturated heterocycles. The van der Waals surface area contributed by atoms with E-state index in [4.69, 9.17) is 11.6 Å². The monoisotopic (exact) mass is 379 g/mol. The van der Waals surface area contributed by atoms with Gasteiger partial charge in [-0.1, -0.05) is 29.4 Å². The van der Waals surface area contributed by atoms with Crippen molar-refractivity contribution in [2.75, 3.05) is 6.26 Å². The topological polar surface area (TPSA) is 57.9 Å². The molecule has 1 aromatic heterocycles. The molecule has 0 N–H and O–H groups in total. The standard InChI is InChI=1S/C16H10ClNO2S3/c1-23(19,20)12-6-7-13-14(8-12)22-15(9-18)16(13)21-11-4-2-10(17)3-5-11/h2-8H,1H3. The van der Waals surface area contributed by atoms with Crippen molar-refractivity contribution in [3.8, 4) is 6.07 Å². The Balaban J connectivity index is 2.12. The van der Waals surface area contributed by atoms with Gasteiger partial charge in [-0.2, -0.15) is 5.26 Å². The Morgan fingerprint density at radius 3 is 2.48 bits per heavy atom. The van der Waals surface area contributed by atoms with Gasteiger partial charge in [0.2, 0.25) is 0 Å². The summed E-state index contributed by atoms with van der Waals surface area (Å²) in [6, 6.07) is 14.5. The number of hydrogen-bond acceptors (Lipinski definition) is 5. The van der Waals surface area contributed by atoms with Gasteiger partial charge in [-0.3, -0.25) is 0 Å². The summed E-state index contributed by atoms with van der Waals surface area (Å²) < 4.78 is 24.2. The van der Waals surface area contributed by atoms with E-state index in [1.165, 1.54) is 29.4 Å². The Bertz CT molecular complexity index is 1030. The van der Waals surface area contributed by atoms with Crippen LogP contribution in [0.2, 0.25) is 5.02 Å². The van der Waals surface area contributed by atoms with Gasteiger partial charge < -0.3 is 0 Å². The molecule has 3 rings (SSSR count). The Hall–Kier alpha value is -1.52. The van der Waals surface area contributed by atoms with Crippen LogP contribution in [0.1, 0.15) is 4.88 Å². The van der Waals surface area contributed by atoms with Crippen molar-refractivity contribution in [2.45, 2.75) is 14.7 Å². The third-order valence-corrected chi connectivity index (χ3v) is 6.86. The highest BCUT2D eigenvalue weighted by Gasteiger charge is 2.16. The molecule has 0 atom stereocenters. The molecule has 0 aliphatic carbocycles. The number of hydrogen-bond donors (Lipinski definition) is 0. The van der Waals surface area contributed by atoms with Crippen LogP contribution >= 0.6 is 34.7 Å². The second-order valence-corrected chi connectivity index (χ2v) is 9.45. The lowest BCUT2D eigenvalue weighted by molar-refractivity contribution is 0.602. The number of nitrogens with zero attached hydrogens (tertiary/aromatic N) is 1. The van der Waals surface area contributed by atoms with Gasteiger partial charge in [-0.15, -0.1) is 11.3 Å². The van der Waals surface area contributed by atoms with E-state index in [0.29, 0.717) is 9.90 Å². The third kappa shape index (κ3) is 3.38. The van der Waals surface area contributed by atoms with Gasteiger partial charge in [-0.05, 0) is 36.4 Å². The van der Waals surface area contributed by atoms with Crippen molar-refractivity contribution in [3.63, 3.8) is 0 Å². The van der Waals surface area contributed by atoms with Gasteiger partial charge in [0.15, 0.2) is 9.84 Å². The molecule has 7 heteroatoms. The fraction of sp³-hybridized carbons (Fsp3) is 0.0625. The minimum Gasteiger partial charge on any atom is -0.224 e. The normalized spacial score (nSPS) is 11.5. The van der Waals surface area contributed by atoms with Crippen LogP contribution in [0.15, 0.2) is 57.2 Å². The van der Waals surface area contributed by atoms with E-state index >= 15 is 0 Å². The number of benzene rings is 2. The summed E-state index contributed by atoms with van der Waals surface area (Å²) in [6.45, 7) is 0. The molecule has 0 aliphatic rings. The SMILES string of the molecule is CS(=O)(=O)c1ccc2c(Sc3ccc(Cl)cc3)c(C#N)sc2c1.